The summed E-state index contributed by atoms with van der Waals surface area (Å²) in [5.74, 6) is -3.08. The first-order valence-corrected chi connectivity index (χ1v) is 20.7. The standard InChI is InChI=1S/C39H50F3N5O10S/c1-36(2,39(40,41)42)57-35(51)44-30-24(22-54-4)10-8-6-7-9-11-25-20-38(25,34(50)46-58(52,53)37(3)15-16-37)45-31(48)29-19-27(21-47(29)33(30)49)56-32-28-13-12-26(55-5)18-23(28)14-17-43-32/h9,11-14,17-18,24-25,27,29-30H,6-8,10,15-16,19-22H2,1-5H3,(H,44,51)(H,45,48)(H,46,50)/b11-9-/t24-,25-,27+,29-,30-,38-/m0/s1. The van der Waals surface area contributed by atoms with Crippen LogP contribution in [-0.4, -0.2) is 110 Å². The molecule has 15 nitrogen and oxygen atoms in total. The van der Waals surface area contributed by atoms with E-state index < -0.39 is 85.9 Å². The van der Waals surface area contributed by atoms with E-state index in [1.807, 2.05) is 6.08 Å². The third-order valence-corrected chi connectivity index (χ3v) is 13.8. The maximum Gasteiger partial charge on any atom is 0.427 e. The van der Waals surface area contributed by atoms with Crippen molar-refractivity contribution in [2.45, 2.75) is 112 Å². The van der Waals surface area contributed by atoms with E-state index in [9.17, 15) is 40.8 Å². The summed E-state index contributed by atoms with van der Waals surface area (Å²) in [4.78, 5) is 62.0. The molecular weight excluding hydrogens is 788 g/mol. The van der Waals surface area contributed by atoms with Crippen LogP contribution in [0.25, 0.3) is 10.8 Å². The summed E-state index contributed by atoms with van der Waals surface area (Å²) in [6.07, 6.45) is 0.417. The fourth-order valence-corrected chi connectivity index (χ4v) is 8.76. The molecule has 4 amide bonds. The highest BCUT2D eigenvalue weighted by Crippen LogP contribution is 2.47. The summed E-state index contributed by atoms with van der Waals surface area (Å²) in [6, 6.07) is 4.11. The Morgan fingerprint density at radius 1 is 1.10 bits per heavy atom. The minimum Gasteiger partial charge on any atom is -0.497 e. The van der Waals surface area contributed by atoms with Crippen LogP contribution in [0.3, 0.4) is 0 Å². The van der Waals surface area contributed by atoms with Gasteiger partial charge in [-0.15, -0.1) is 0 Å². The topological polar surface area (TPSA) is 192 Å². The predicted octanol–water partition coefficient (Wildman–Crippen LogP) is 4.29. The second-order valence-electron chi connectivity index (χ2n) is 16.3. The molecule has 2 aromatic rings. The number of hydrogen-bond donors (Lipinski definition) is 3. The van der Waals surface area contributed by atoms with Crippen LogP contribution in [-0.2, 0) is 33.9 Å². The molecule has 318 valence electrons. The van der Waals surface area contributed by atoms with E-state index in [4.69, 9.17) is 18.9 Å². The lowest BCUT2D eigenvalue weighted by molar-refractivity contribution is -0.244. The number of hydrogen-bond acceptors (Lipinski definition) is 11. The van der Waals surface area contributed by atoms with Gasteiger partial charge in [-0.1, -0.05) is 18.6 Å². The number of carbonyl (C=O) groups is 4. The van der Waals surface area contributed by atoms with Crippen LogP contribution < -0.4 is 24.8 Å². The number of methoxy groups -OCH3 is 2. The van der Waals surface area contributed by atoms with Crippen LogP contribution in [0.15, 0.2) is 42.6 Å². The van der Waals surface area contributed by atoms with Crippen molar-refractivity contribution in [2.75, 3.05) is 27.4 Å². The fourth-order valence-electron chi connectivity index (χ4n) is 7.44. The molecule has 3 fully saturated rings. The van der Waals surface area contributed by atoms with Crippen LogP contribution in [0.4, 0.5) is 18.0 Å². The van der Waals surface area contributed by atoms with Crippen molar-refractivity contribution in [1.29, 1.82) is 0 Å². The molecular formula is C39H50F3N5O10S. The highest BCUT2D eigenvalue weighted by atomic mass is 32.2. The molecule has 0 radical (unpaired) electrons. The molecule has 6 rings (SSSR count). The van der Waals surface area contributed by atoms with Crippen molar-refractivity contribution in [3.8, 4) is 11.6 Å². The molecule has 2 aliphatic heterocycles. The lowest BCUT2D eigenvalue weighted by atomic mass is 9.92. The zero-order valence-corrected chi connectivity index (χ0v) is 33.8. The molecule has 2 saturated carbocycles. The Balaban J connectivity index is 1.36. The average molecular weight is 838 g/mol. The summed E-state index contributed by atoms with van der Waals surface area (Å²) in [5, 5.41) is 6.48. The van der Waals surface area contributed by atoms with Crippen molar-refractivity contribution >= 4 is 44.6 Å². The molecule has 3 heterocycles. The van der Waals surface area contributed by atoms with E-state index in [-0.39, 0.29) is 31.9 Å². The fraction of sp³-hybridized carbons (Fsp3) is 0.615. The van der Waals surface area contributed by atoms with Crippen LogP contribution in [0.5, 0.6) is 11.6 Å². The van der Waals surface area contributed by atoms with Gasteiger partial charge >= 0.3 is 12.3 Å². The van der Waals surface area contributed by atoms with Gasteiger partial charge in [-0.3, -0.25) is 19.1 Å². The minimum absolute atomic E-state index is 0.0814. The number of benzene rings is 1. The Hall–Kier alpha value is -4.65. The number of amides is 4. The van der Waals surface area contributed by atoms with E-state index in [1.165, 1.54) is 27.3 Å². The van der Waals surface area contributed by atoms with Gasteiger partial charge in [0.2, 0.25) is 33.3 Å². The number of halogens is 3. The van der Waals surface area contributed by atoms with Crippen molar-refractivity contribution in [3.63, 3.8) is 0 Å². The van der Waals surface area contributed by atoms with E-state index in [0.29, 0.717) is 63.5 Å². The molecule has 1 aromatic heterocycles. The zero-order chi connectivity index (χ0) is 42.3. The Bertz CT molecular complexity index is 2060. The summed E-state index contributed by atoms with van der Waals surface area (Å²) < 4.78 is 90.7. The average Bonchev–Trinajstić information content (AvgIpc) is 4.03. The highest BCUT2D eigenvalue weighted by Gasteiger charge is 2.63. The quantitative estimate of drug-likeness (QED) is 0.290. The number of alkyl carbamates (subject to hydrolysis) is 1. The number of nitrogens with one attached hydrogen (secondary N) is 3. The third-order valence-electron chi connectivity index (χ3n) is 11.6. The van der Waals surface area contributed by atoms with Crippen LogP contribution >= 0.6 is 0 Å². The van der Waals surface area contributed by atoms with Gasteiger partial charge < -0.3 is 34.5 Å². The molecule has 0 bridgehead atoms. The predicted molar refractivity (Wildman–Crippen MR) is 203 cm³/mol. The second-order valence-corrected chi connectivity index (χ2v) is 18.5. The number of ether oxygens (including phenoxy) is 4. The number of allylic oxidation sites excluding steroid dienone is 1. The van der Waals surface area contributed by atoms with Crippen molar-refractivity contribution in [1.82, 2.24) is 25.2 Å². The van der Waals surface area contributed by atoms with Gasteiger partial charge in [0.1, 0.15) is 29.5 Å². The summed E-state index contributed by atoms with van der Waals surface area (Å²) in [5.41, 5.74) is -4.56. The maximum atomic E-state index is 14.8. The van der Waals surface area contributed by atoms with Gasteiger partial charge in [0.15, 0.2) is 0 Å². The zero-order valence-electron chi connectivity index (χ0n) is 33.0. The maximum absolute atomic E-state index is 14.8. The first-order chi connectivity index (χ1) is 27.2. The van der Waals surface area contributed by atoms with Gasteiger partial charge in [-0.05, 0) is 88.9 Å². The first-order valence-electron chi connectivity index (χ1n) is 19.2. The Morgan fingerprint density at radius 2 is 1.84 bits per heavy atom. The van der Waals surface area contributed by atoms with Gasteiger partial charge in [0.25, 0.3) is 5.91 Å². The molecule has 1 saturated heterocycles. The van der Waals surface area contributed by atoms with Crippen molar-refractivity contribution in [2.24, 2.45) is 11.8 Å². The van der Waals surface area contributed by atoms with Crippen molar-refractivity contribution in [3.05, 3.63) is 42.6 Å². The third kappa shape index (κ3) is 8.84. The first kappa shape index (κ1) is 42.9. The minimum atomic E-state index is -4.93. The van der Waals surface area contributed by atoms with Crippen LogP contribution in [0.2, 0.25) is 0 Å². The summed E-state index contributed by atoms with van der Waals surface area (Å²) in [6.45, 7) is 2.57. The summed E-state index contributed by atoms with van der Waals surface area (Å²) in [7, 11) is -1.18. The molecule has 4 aliphatic rings. The number of carbonyl (C=O) groups excluding carboxylic acids is 4. The molecule has 6 atom stereocenters. The number of aromatic nitrogens is 1. The molecule has 0 unspecified atom stereocenters. The largest absolute Gasteiger partial charge is 0.497 e. The van der Waals surface area contributed by atoms with Gasteiger partial charge in [-0.2, -0.15) is 13.2 Å². The Morgan fingerprint density at radius 3 is 2.52 bits per heavy atom. The number of fused-ring (bicyclic) bond motifs is 3. The number of alkyl halides is 3. The molecule has 1 aromatic carbocycles. The molecule has 58 heavy (non-hydrogen) atoms. The number of pyridine rings is 1. The Kier molecular flexibility index (Phi) is 12.0. The lowest BCUT2D eigenvalue weighted by Crippen LogP contribution is -2.60. The number of nitrogens with zero attached hydrogens (tertiary/aromatic N) is 2. The lowest BCUT2D eigenvalue weighted by Gasteiger charge is -2.34. The van der Waals surface area contributed by atoms with E-state index in [2.05, 4.69) is 20.3 Å². The van der Waals surface area contributed by atoms with Crippen molar-refractivity contribution < 1.29 is 59.7 Å². The van der Waals surface area contributed by atoms with Crippen LogP contribution in [0, 0.1) is 11.8 Å². The van der Waals surface area contributed by atoms with Crippen LogP contribution in [0.1, 0.15) is 72.1 Å². The summed E-state index contributed by atoms with van der Waals surface area (Å²) >= 11 is 0. The monoisotopic (exact) mass is 837 g/mol. The molecule has 2 aliphatic carbocycles. The van der Waals surface area contributed by atoms with Gasteiger partial charge in [0, 0.05) is 36.9 Å². The SMILES string of the molecule is COC[C@@H]1CCCC/C=C\[C@H]2C[C@]2(C(=O)NS(=O)(=O)C2(C)CC2)NC(=O)[C@@H]2C[C@@H](Oc3nccc4cc(OC)ccc34)CN2C(=O)[C@H]1NC(=O)OC(C)(C)C(F)(F)F. The normalized spacial score (nSPS) is 28.1. The van der Waals surface area contributed by atoms with E-state index in [0.717, 1.165) is 10.3 Å². The van der Waals surface area contributed by atoms with E-state index >= 15 is 0 Å². The highest BCUT2D eigenvalue weighted by molar-refractivity contribution is 7.91. The van der Waals surface area contributed by atoms with Gasteiger partial charge in [-0.25, -0.2) is 18.2 Å². The molecule has 3 N–H and O–H groups in total. The smallest absolute Gasteiger partial charge is 0.427 e. The number of rotatable bonds is 10. The molecule has 0 spiro atoms. The second kappa shape index (κ2) is 16.2. The van der Waals surface area contributed by atoms with E-state index in [1.54, 1.807) is 30.3 Å². The number of sulfonamides is 1. The Labute approximate surface area is 334 Å². The molecule has 19 heteroatoms. The van der Waals surface area contributed by atoms with Gasteiger partial charge in [0.05, 0.1) is 25.0 Å².